The van der Waals surface area contributed by atoms with E-state index in [0.29, 0.717) is 22.6 Å². The Bertz CT molecular complexity index is 997. The maximum absolute atomic E-state index is 12.4. The number of benzene rings is 2. The van der Waals surface area contributed by atoms with Crippen LogP contribution in [0.3, 0.4) is 0 Å². The second-order valence-electron chi connectivity index (χ2n) is 6.40. The molecule has 0 fully saturated rings. The first-order valence-electron chi connectivity index (χ1n) is 8.76. The van der Waals surface area contributed by atoms with Crippen molar-refractivity contribution in [1.82, 2.24) is 4.98 Å². The van der Waals surface area contributed by atoms with Crippen molar-refractivity contribution < 1.29 is 14.3 Å². The Labute approximate surface area is 163 Å². The number of carbonyl (C=O) groups is 2. The minimum Gasteiger partial charge on any atom is -0.465 e. The molecule has 2 N–H and O–H groups in total. The highest BCUT2D eigenvalue weighted by Crippen LogP contribution is 2.21. The number of amides is 1. The Kier molecular flexibility index (Phi) is 5.69. The van der Waals surface area contributed by atoms with E-state index in [4.69, 9.17) is 0 Å². The molecule has 0 atom stereocenters. The maximum Gasteiger partial charge on any atom is 0.337 e. The van der Waals surface area contributed by atoms with Gasteiger partial charge in [0.1, 0.15) is 5.82 Å². The summed E-state index contributed by atoms with van der Waals surface area (Å²) in [6, 6.07) is 16.1. The summed E-state index contributed by atoms with van der Waals surface area (Å²) >= 11 is 0. The van der Waals surface area contributed by atoms with E-state index in [2.05, 4.69) is 32.5 Å². The second kappa shape index (κ2) is 8.35. The zero-order valence-electron chi connectivity index (χ0n) is 15.9. The van der Waals surface area contributed by atoms with Crippen LogP contribution in [-0.2, 0) is 4.74 Å². The molecule has 0 unspecified atom stereocenters. The monoisotopic (exact) mass is 375 g/mol. The summed E-state index contributed by atoms with van der Waals surface area (Å²) in [6.07, 6.45) is 1.52. The van der Waals surface area contributed by atoms with Gasteiger partial charge in [-0.1, -0.05) is 12.1 Å². The van der Waals surface area contributed by atoms with Crippen LogP contribution in [0.15, 0.2) is 60.8 Å². The third kappa shape index (κ3) is 4.54. The van der Waals surface area contributed by atoms with Crippen LogP contribution in [0.1, 0.15) is 31.8 Å². The number of nitrogens with one attached hydrogen (secondary N) is 2. The average Bonchev–Trinajstić information content (AvgIpc) is 2.71. The van der Waals surface area contributed by atoms with Crippen LogP contribution in [0.5, 0.6) is 0 Å². The molecule has 1 heterocycles. The number of anilines is 3. The van der Waals surface area contributed by atoms with Crippen LogP contribution < -0.4 is 10.6 Å². The molecule has 1 amide bonds. The summed E-state index contributed by atoms with van der Waals surface area (Å²) < 4.78 is 4.65. The third-order valence-corrected chi connectivity index (χ3v) is 4.25. The average molecular weight is 375 g/mol. The Morgan fingerprint density at radius 3 is 2.29 bits per heavy atom. The van der Waals surface area contributed by atoms with E-state index in [1.54, 1.807) is 36.4 Å². The number of nitrogens with zero attached hydrogens (tertiary/aromatic N) is 1. The first kappa shape index (κ1) is 19.1. The van der Waals surface area contributed by atoms with Crippen molar-refractivity contribution in [3.05, 3.63) is 83.0 Å². The van der Waals surface area contributed by atoms with Gasteiger partial charge in [0.25, 0.3) is 5.91 Å². The van der Waals surface area contributed by atoms with Crippen molar-refractivity contribution in [1.29, 1.82) is 0 Å². The number of pyridine rings is 1. The van der Waals surface area contributed by atoms with E-state index >= 15 is 0 Å². The predicted molar refractivity (Wildman–Crippen MR) is 109 cm³/mol. The minimum absolute atomic E-state index is 0.281. The van der Waals surface area contributed by atoms with Crippen molar-refractivity contribution in [3.63, 3.8) is 0 Å². The number of aryl methyl sites for hydroxylation is 2. The lowest BCUT2D eigenvalue weighted by atomic mass is 10.1. The van der Waals surface area contributed by atoms with Crippen LogP contribution in [0.4, 0.5) is 17.2 Å². The molecule has 2 aromatic carbocycles. The van der Waals surface area contributed by atoms with Gasteiger partial charge in [0.15, 0.2) is 0 Å². The first-order valence-corrected chi connectivity index (χ1v) is 8.76. The molecule has 0 saturated heterocycles. The van der Waals surface area contributed by atoms with E-state index in [1.165, 1.54) is 13.3 Å². The van der Waals surface area contributed by atoms with E-state index in [-0.39, 0.29) is 5.91 Å². The molecule has 3 aromatic rings. The summed E-state index contributed by atoms with van der Waals surface area (Å²) in [5, 5.41) is 6.04. The van der Waals surface area contributed by atoms with Gasteiger partial charge >= 0.3 is 5.97 Å². The SMILES string of the molecule is COC(=O)c1ccc(NC(=O)c2ccc(Nc3cc(C)ccc3C)nc2)cc1. The van der Waals surface area contributed by atoms with E-state index in [0.717, 1.165) is 16.8 Å². The third-order valence-electron chi connectivity index (χ3n) is 4.25. The molecule has 142 valence electrons. The molecule has 3 rings (SSSR count). The highest BCUT2D eigenvalue weighted by atomic mass is 16.5. The van der Waals surface area contributed by atoms with Crippen LogP contribution in [0, 0.1) is 13.8 Å². The zero-order chi connectivity index (χ0) is 20.1. The first-order chi connectivity index (χ1) is 13.5. The maximum atomic E-state index is 12.4. The number of esters is 1. The number of hydrogen-bond donors (Lipinski definition) is 2. The van der Waals surface area contributed by atoms with Crippen molar-refractivity contribution in [3.8, 4) is 0 Å². The fourth-order valence-electron chi connectivity index (χ4n) is 2.62. The molecule has 0 bridgehead atoms. The van der Waals surface area contributed by atoms with Gasteiger partial charge in [0, 0.05) is 17.6 Å². The predicted octanol–water partition coefficient (Wildman–Crippen LogP) is 4.48. The van der Waals surface area contributed by atoms with E-state index in [1.807, 2.05) is 19.9 Å². The number of rotatable bonds is 5. The van der Waals surface area contributed by atoms with Gasteiger partial charge in [0.2, 0.25) is 0 Å². The molecule has 0 radical (unpaired) electrons. The van der Waals surface area contributed by atoms with E-state index < -0.39 is 5.97 Å². The Morgan fingerprint density at radius 1 is 0.929 bits per heavy atom. The molecule has 0 spiro atoms. The Hall–Kier alpha value is -3.67. The van der Waals surface area contributed by atoms with Crippen LogP contribution in [0.25, 0.3) is 0 Å². The van der Waals surface area contributed by atoms with Gasteiger partial charge in [0.05, 0.1) is 18.2 Å². The van der Waals surface area contributed by atoms with Crippen LogP contribution in [-0.4, -0.2) is 24.0 Å². The lowest BCUT2D eigenvalue weighted by molar-refractivity contribution is 0.0600. The number of hydrogen-bond acceptors (Lipinski definition) is 5. The van der Waals surface area contributed by atoms with Crippen molar-refractivity contribution in [2.75, 3.05) is 17.7 Å². The molecular formula is C22H21N3O3. The smallest absolute Gasteiger partial charge is 0.337 e. The largest absolute Gasteiger partial charge is 0.465 e. The highest BCUT2D eigenvalue weighted by Gasteiger charge is 2.09. The fraction of sp³-hybridized carbons (Fsp3) is 0.136. The molecule has 0 aliphatic carbocycles. The molecule has 0 aliphatic heterocycles. The van der Waals surface area contributed by atoms with Crippen LogP contribution in [0.2, 0.25) is 0 Å². The topological polar surface area (TPSA) is 80.3 Å². The quantitative estimate of drug-likeness (QED) is 0.643. The van der Waals surface area contributed by atoms with Gasteiger partial charge in [-0.05, 0) is 67.4 Å². The Morgan fingerprint density at radius 2 is 1.64 bits per heavy atom. The molecule has 6 nitrogen and oxygen atoms in total. The van der Waals surface area contributed by atoms with Gasteiger partial charge in [-0.25, -0.2) is 9.78 Å². The Balaban J connectivity index is 1.66. The normalized spacial score (nSPS) is 10.2. The lowest BCUT2D eigenvalue weighted by Crippen LogP contribution is -2.12. The minimum atomic E-state index is -0.422. The molecular weight excluding hydrogens is 354 g/mol. The lowest BCUT2D eigenvalue weighted by Gasteiger charge is -2.10. The summed E-state index contributed by atoms with van der Waals surface area (Å²) in [6.45, 7) is 4.05. The van der Waals surface area contributed by atoms with Crippen LogP contribution >= 0.6 is 0 Å². The molecule has 0 aliphatic rings. The van der Waals surface area contributed by atoms with Gasteiger partial charge in [-0.3, -0.25) is 4.79 Å². The molecule has 28 heavy (non-hydrogen) atoms. The number of ether oxygens (including phenoxy) is 1. The van der Waals surface area contributed by atoms with Gasteiger partial charge in [-0.2, -0.15) is 0 Å². The zero-order valence-corrected chi connectivity index (χ0v) is 15.9. The van der Waals surface area contributed by atoms with Gasteiger partial charge in [-0.15, -0.1) is 0 Å². The standard InChI is InChI=1S/C22H21N3O3/c1-14-4-5-15(2)19(12-14)25-20-11-8-17(13-23-20)21(26)24-18-9-6-16(7-10-18)22(27)28-3/h4-13H,1-3H3,(H,23,25)(H,24,26). The van der Waals surface area contributed by atoms with Crippen molar-refractivity contribution >= 4 is 29.1 Å². The van der Waals surface area contributed by atoms with Crippen molar-refractivity contribution in [2.45, 2.75) is 13.8 Å². The van der Waals surface area contributed by atoms with E-state index in [9.17, 15) is 9.59 Å². The number of aromatic nitrogens is 1. The summed E-state index contributed by atoms with van der Waals surface area (Å²) in [5.74, 6) is -0.0432. The highest BCUT2D eigenvalue weighted by molar-refractivity contribution is 6.04. The number of methoxy groups -OCH3 is 1. The molecule has 0 saturated carbocycles. The van der Waals surface area contributed by atoms with Gasteiger partial charge < -0.3 is 15.4 Å². The second-order valence-corrected chi connectivity index (χ2v) is 6.40. The van der Waals surface area contributed by atoms with Crippen molar-refractivity contribution in [2.24, 2.45) is 0 Å². The molecule has 6 heteroatoms. The summed E-state index contributed by atoms with van der Waals surface area (Å²) in [5.41, 5.74) is 4.69. The fourth-order valence-corrected chi connectivity index (χ4v) is 2.62. The number of carbonyl (C=O) groups excluding carboxylic acids is 2. The summed E-state index contributed by atoms with van der Waals surface area (Å²) in [4.78, 5) is 28.2. The summed E-state index contributed by atoms with van der Waals surface area (Å²) in [7, 11) is 1.32. The molecule has 1 aromatic heterocycles.